The smallest absolute Gasteiger partial charge is 0.409 e. The van der Waals surface area contributed by atoms with Crippen LogP contribution in [0.15, 0.2) is 29.1 Å². The largest absolute Gasteiger partial charge is 0.450 e. The Balaban J connectivity index is 1.59. The van der Waals surface area contributed by atoms with Crippen LogP contribution in [0.1, 0.15) is 17.5 Å². The van der Waals surface area contributed by atoms with Crippen LogP contribution in [0.2, 0.25) is 0 Å². The van der Waals surface area contributed by atoms with E-state index in [1.165, 1.54) is 16.0 Å². The summed E-state index contributed by atoms with van der Waals surface area (Å²) in [6.45, 7) is 7.31. The van der Waals surface area contributed by atoms with Crippen LogP contribution in [0.4, 0.5) is 4.79 Å². The fourth-order valence-electron chi connectivity index (χ4n) is 3.66. The Morgan fingerprint density at radius 1 is 1.06 bits per heavy atom. The van der Waals surface area contributed by atoms with Crippen LogP contribution in [0.25, 0.3) is 21.5 Å². The topological polar surface area (TPSA) is 97.6 Å². The summed E-state index contributed by atoms with van der Waals surface area (Å²) in [5, 5.41) is 5.33. The average molecular weight is 456 g/mol. The third-order valence-electron chi connectivity index (χ3n) is 5.38. The highest BCUT2D eigenvalue weighted by Crippen LogP contribution is 2.29. The molecule has 1 aliphatic rings. The van der Waals surface area contributed by atoms with Crippen LogP contribution in [-0.2, 0) is 16.1 Å². The van der Waals surface area contributed by atoms with E-state index in [1.807, 2.05) is 38.1 Å². The van der Waals surface area contributed by atoms with E-state index in [0.29, 0.717) is 44.0 Å². The average Bonchev–Trinajstić information content (AvgIpc) is 3.18. The molecule has 9 nitrogen and oxygen atoms in total. The first-order valence-electron chi connectivity index (χ1n) is 10.5. The van der Waals surface area contributed by atoms with Gasteiger partial charge in [-0.25, -0.2) is 14.5 Å². The van der Waals surface area contributed by atoms with Crippen LogP contribution in [0.5, 0.6) is 0 Å². The Morgan fingerprint density at radius 2 is 1.72 bits per heavy atom. The Kier molecular flexibility index (Phi) is 6.22. The highest BCUT2D eigenvalue weighted by Gasteiger charge is 2.26. The monoisotopic (exact) mass is 455 g/mol. The number of carbonyl (C=O) groups excluding carboxylic acids is 2. The lowest BCUT2D eigenvalue weighted by molar-refractivity contribution is -0.133. The number of aromatic nitrogens is 3. The number of nitrogens with zero attached hydrogens (tertiary/aromatic N) is 5. The molecule has 32 heavy (non-hydrogen) atoms. The number of fused-ring (bicyclic) bond motifs is 1. The Morgan fingerprint density at radius 3 is 2.38 bits per heavy atom. The van der Waals surface area contributed by atoms with E-state index in [2.05, 4.69) is 10.1 Å². The molecule has 168 valence electrons. The van der Waals surface area contributed by atoms with E-state index >= 15 is 0 Å². The minimum atomic E-state index is -0.376. The maximum Gasteiger partial charge on any atom is 0.409 e. The molecular formula is C22H25N5O4S. The zero-order valence-corrected chi connectivity index (χ0v) is 19.1. The summed E-state index contributed by atoms with van der Waals surface area (Å²) in [4.78, 5) is 45.4. The van der Waals surface area contributed by atoms with Gasteiger partial charge in [0.1, 0.15) is 12.2 Å². The molecule has 1 saturated heterocycles. The Bertz CT molecular complexity index is 1210. The second kappa shape index (κ2) is 9.07. The van der Waals surface area contributed by atoms with Gasteiger partial charge >= 0.3 is 6.09 Å². The summed E-state index contributed by atoms with van der Waals surface area (Å²) in [6, 6.07) is 7.88. The van der Waals surface area contributed by atoms with Crippen LogP contribution >= 0.6 is 11.3 Å². The zero-order valence-electron chi connectivity index (χ0n) is 18.3. The molecule has 2 amide bonds. The summed E-state index contributed by atoms with van der Waals surface area (Å²) in [5.41, 5.74) is 2.59. The third kappa shape index (κ3) is 4.36. The number of benzene rings is 1. The number of carbonyl (C=O) groups is 2. The fraction of sp³-hybridized carbons (Fsp3) is 0.409. The predicted octanol–water partition coefficient (Wildman–Crippen LogP) is 2.44. The molecule has 0 atom stereocenters. The highest BCUT2D eigenvalue weighted by atomic mass is 32.1. The lowest BCUT2D eigenvalue weighted by atomic mass is 10.1. The van der Waals surface area contributed by atoms with Crippen molar-refractivity contribution in [1.82, 2.24) is 24.6 Å². The lowest BCUT2D eigenvalue weighted by Gasteiger charge is -2.34. The van der Waals surface area contributed by atoms with Gasteiger partial charge in [0.25, 0.3) is 5.56 Å². The molecule has 0 N–H and O–H groups in total. The molecular weight excluding hydrogens is 430 g/mol. The summed E-state index contributed by atoms with van der Waals surface area (Å²) < 4.78 is 6.95. The van der Waals surface area contributed by atoms with E-state index in [0.717, 1.165) is 20.8 Å². The molecule has 1 fully saturated rings. The molecule has 3 heterocycles. The first-order valence-corrected chi connectivity index (χ1v) is 11.3. The number of hydrogen-bond donors (Lipinski definition) is 0. The summed E-state index contributed by atoms with van der Waals surface area (Å²) in [5.74, 6) is -0.218. The van der Waals surface area contributed by atoms with E-state index in [4.69, 9.17) is 4.74 Å². The van der Waals surface area contributed by atoms with Crippen LogP contribution < -0.4 is 5.56 Å². The van der Waals surface area contributed by atoms with Crippen molar-refractivity contribution < 1.29 is 14.3 Å². The molecule has 0 radical (unpaired) electrons. The van der Waals surface area contributed by atoms with Crippen molar-refractivity contribution in [2.45, 2.75) is 27.3 Å². The number of piperazine rings is 1. The summed E-state index contributed by atoms with van der Waals surface area (Å²) in [6.07, 6.45) is -0.371. The summed E-state index contributed by atoms with van der Waals surface area (Å²) >= 11 is 1.42. The summed E-state index contributed by atoms with van der Waals surface area (Å²) in [7, 11) is 0. The van der Waals surface area contributed by atoms with Gasteiger partial charge in [-0.05, 0) is 20.8 Å². The van der Waals surface area contributed by atoms with Crippen LogP contribution in [0.3, 0.4) is 0 Å². The number of amides is 2. The molecule has 0 saturated carbocycles. The van der Waals surface area contributed by atoms with Gasteiger partial charge in [-0.15, -0.1) is 11.3 Å². The van der Waals surface area contributed by atoms with Gasteiger partial charge in [-0.3, -0.25) is 9.59 Å². The number of rotatable bonds is 4. The third-order valence-corrected chi connectivity index (χ3v) is 6.35. The first-order chi connectivity index (χ1) is 15.4. The van der Waals surface area contributed by atoms with Gasteiger partial charge in [0.15, 0.2) is 5.52 Å². The molecule has 4 rings (SSSR count). The fourth-order valence-corrected chi connectivity index (χ4v) is 4.57. The van der Waals surface area contributed by atoms with Crippen LogP contribution in [-0.4, -0.2) is 69.4 Å². The van der Waals surface area contributed by atoms with E-state index in [1.54, 1.807) is 16.7 Å². The maximum atomic E-state index is 13.0. The predicted molar refractivity (Wildman–Crippen MR) is 122 cm³/mol. The molecule has 10 heteroatoms. The van der Waals surface area contributed by atoms with Gasteiger partial charge in [-0.1, -0.05) is 29.8 Å². The van der Waals surface area contributed by atoms with Gasteiger partial charge in [0.05, 0.1) is 16.3 Å². The van der Waals surface area contributed by atoms with Crippen molar-refractivity contribution in [3.05, 3.63) is 45.2 Å². The first kappa shape index (κ1) is 21.9. The number of hydrogen-bond acceptors (Lipinski definition) is 7. The van der Waals surface area contributed by atoms with Crippen LogP contribution in [0, 0.1) is 13.8 Å². The zero-order chi connectivity index (χ0) is 22.8. The van der Waals surface area contributed by atoms with Crippen molar-refractivity contribution in [2.75, 3.05) is 32.8 Å². The van der Waals surface area contributed by atoms with E-state index < -0.39 is 0 Å². The molecule has 0 unspecified atom stereocenters. The van der Waals surface area contributed by atoms with Gasteiger partial charge in [-0.2, -0.15) is 5.10 Å². The Labute approximate surface area is 189 Å². The van der Waals surface area contributed by atoms with Crippen molar-refractivity contribution in [3.63, 3.8) is 0 Å². The Hall–Kier alpha value is -3.27. The second-order valence-corrected chi connectivity index (χ2v) is 8.86. The van der Waals surface area contributed by atoms with E-state index in [9.17, 15) is 14.4 Å². The van der Waals surface area contributed by atoms with Crippen molar-refractivity contribution in [1.29, 1.82) is 0 Å². The molecule has 3 aromatic rings. The van der Waals surface area contributed by atoms with Gasteiger partial charge in [0, 0.05) is 31.7 Å². The van der Waals surface area contributed by atoms with Crippen molar-refractivity contribution >= 4 is 33.6 Å². The maximum absolute atomic E-state index is 13.0. The molecule has 0 aliphatic carbocycles. The second-order valence-electron chi connectivity index (χ2n) is 7.65. The number of thiazole rings is 1. The molecule has 2 aromatic heterocycles. The molecule has 0 spiro atoms. The SMILES string of the molecule is CCOC(=O)N1CCN(C(=O)Cn2nc(-c3ccc(C)cc3)c3sc(C)nc3c2=O)CC1. The minimum Gasteiger partial charge on any atom is -0.450 e. The quantitative estimate of drug-likeness (QED) is 0.599. The normalized spacial score (nSPS) is 14.1. The highest BCUT2D eigenvalue weighted by molar-refractivity contribution is 7.19. The number of aryl methyl sites for hydroxylation is 2. The lowest BCUT2D eigenvalue weighted by Crippen LogP contribution is -2.51. The van der Waals surface area contributed by atoms with Gasteiger partial charge < -0.3 is 14.5 Å². The standard InChI is InChI=1S/C22H25N5O4S/c1-4-31-22(30)26-11-9-25(10-12-26)17(28)13-27-21(29)19-20(32-15(3)23-19)18(24-27)16-7-5-14(2)6-8-16/h5-8H,4,9-13H2,1-3H3. The molecule has 1 aliphatic heterocycles. The molecule has 1 aromatic carbocycles. The van der Waals surface area contributed by atoms with E-state index in [-0.39, 0.29) is 24.1 Å². The van der Waals surface area contributed by atoms with Crippen molar-refractivity contribution in [3.8, 4) is 11.3 Å². The van der Waals surface area contributed by atoms with Crippen molar-refractivity contribution in [2.24, 2.45) is 0 Å². The molecule has 0 bridgehead atoms. The number of ether oxygens (including phenoxy) is 1. The minimum absolute atomic E-state index is 0.177. The van der Waals surface area contributed by atoms with Gasteiger partial charge in [0.2, 0.25) is 5.91 Å².